The number of fused-ring (bicyclic) bond motifs is 2. The van der Waals surface area contributed by atoms with Crippen LogP contribution in [0.3, 0.4) is 0 Å². The van der Waals surface area contributed by atoms with Crippen LogP contribution < -0.4 is 5.32 Å². The monoisotopic (exact) mass is 291 g/mol. The number of hydrogen-bond acceptors (Lipinski definition) is 1. The fourth-order valence-electron chi connectivity index (χ4n) is 3.97. The average molecular weight is 291 g/mol. The number of anilines is 1. The fourth-order valence-corrected chi connectivity index (χ4v) is 3.97. The summed E-state index contributed by atoms with van der Waals surface area (Å²) in [6.07, 6.45) is 2.60. The van der Waals surface area contributed by atoms with Crippen molar-refractivity contribution < 1.29 is 13.6 Å². The van der Waals surface area contributed by atoms with Crippen molar-refractivity contribution in [3.8, 4) is 0 Å². The quantitative estimate of drug-likeness (QED) is 0.809. The Kier molecular flexibility index (Phi) is 2.98. The zero-order valence-corrected chi connectivity index (χ0v) is 12.3. The molecule has 0 aliphatic heterocycles. The van der Waals surface area contributed by atoms with Crippen LogP contribution in [0.5, 0.6) is 0 Å². The van der Waals surface area contributed by atoms with E-state index in [4.69, 9.17) is 0 Å². The van der Waals surface area contributed by atoms with E-state index in [1.807, 2.05) is 0 Å². The van der Waals surface area contributed by atoms with Crippen molar-refractivity contribution in [1.82, 2.24) is 0 Å². The number of halogens is 2. The maximum Gasteiger partial charge on any atom is 0.234 e. The van der Waals surface area contributed by atoms with Gasteiger partial charge in [-0.3, -0.25) is 4.79 Å². The smallest absolute Gasteiger partial charge is 0.234 e. The molecule has 2 bridgehead atoms. The molecule has 1 aromatic rings. The van der Waals surface area contributed by atoms with Gasteiger partial charge in [0.2, 0.25) is 5.91 Å². The normalized spacial score (nSPS) is 29.7. The highest BCUT2D eigenvalue weighted by Crippen LogP contribution is 2.65. The molecule has 0 spiro atoms. The lowest BCUT2D eigenvalue weighted by atomic mass is 9.68. The zero-order chi connectivity index (χ0) is 15.4. The predicted molar refractivity (Wildman–Crippen MR) is 77.7 cm³/mol. The maximum atomic E-state index is 13.2. The van der Waals surface area contributed by atoms with Crippen molar-refractivity contribution in [1.29, 1.82) is 0 Å². The minimum atomic E-state index is -0.958. The summed E-state index contributed by atoms with van der Waals surface area (Å²) in [5.74, 6) is -1.55. The molecule has 3 rings (SSSR count). The number of carbonyl (C=O) groups is 1. The molecule has 2 aliphatic rings. The van der Waals surface area contributed by atoms with Crippen LogP contribution in [0, 0.1) is 28.4 Å². The predicted octanol–water partition coefficient (Wildman–Crippen LogP) is 4.29. The van der Waals surface area contributed by atoms with E-state index >= 15 is 0 Å². The summed E-state index contributed by atoms with van der Waals surface area (Å²) >= 11 is 0. The molecule has 0 radical (unpaired) electrons. The Balaban J connectivity index is 1.86. The summed E-state index contributed by atoms with van der Waals surface area (Å²) in [7, 11) is 0. The number of nitrogens with one attached hydrogen (secondary N) is 1. The Hall–Kier alpha value is -1.71. The SMILES string of the molecule is C=C1C(C)(C)[C@H]2CC[C@]1(C(=O)Nc1ccc(F)c(F)c1)C2. The standard InChI is InChI=1S/C17H19F2NO/c1-10-16(2,3)11-6-7-17(10,9-11)15(21)20-12-4-5-13(18)14(19)8-12/h4-5,8,11H,1,6-7,9H2,2-3H3,(H,20,21)/t11-,17-/m0/s1. The molecular formula is C17H19F2NO. The van der Waals surface area contributed by atoms with Gasteiger partial charge in [0.15, 0.2) is 11.6 Å². The first kappa shape index (κ1) is 14.2. The largest absolute Gasteiger partial charge is 0.325 e. The molecule has 0 heterocycles. The molecule has 21 heavy (non-hydrogen) atoms. The summed E-state index contributed by atoms with van der Waals surface area (Å²) in [6, 6.07) is 3.41. The van der Waals surface area contributed by atoms with Crippen molar-refractivity contribution in [2.24, 2.45) is 16.7 Å². The maximum absolute atomic E-state index is 13.2. The van der Waals surface area contributed by atoms with Gasteiger partial charge in [0.05, 0.1) is 5.41 Å². The van der Waals surface area contributed by atoms with Crippen LogP contribution in [0.15, 0.2) is 30.4 Å². The molecule has 2 atom stereocenters. The van der Waals surface area contributed by atoms with Gasteiger partial charge in [0.25, 0.3) is 0 Å². The molecule has 112 valence electrons. The fraction of sp³-hybridized carbons (Fsp3) is 0.471. The van der Waals surface area contributed by atoms with Gasteiger partial charge >= 0.3 is 0 Å². The zero-order valence-electron chi connectivity index (χ0n) is 12.3. The van der Waals surface area contributed by atoms with E-state index in [0.717, 1.165) is 37.0 Å². The lowest BCUT2D eigenvalue weighted by Gasteiger charge is -2.37. The first-order valence-corrected chi connectivity index (χ1v) is 7.24. The van der Waals surface area contributed by atoms with Crippen LogP contribution in [0.25, 0.3) is 0 Å². The summed E-state index contributed by atoms with van der Waals surface area (Å²) in [6.45, 7) is 8.42. The summed E-state index contributed by atoms with van der Waals surface area (Å²) in [5, 5.41) is 2.73. The Morgan fingerprint density at radius 3 is 2.62 bits per heavy atom. The van der Waals surface area contributed by atoms with E-state index in [0.29, 0.717) is 5.92 Å². The molecule has 4 heteroatoms. The van der Waals surface area contributed by atoms with E-state index in [-0.39, 0.29) is 17.0 Å². The van der Waals surface area contributed by atoms with Gasteiger partial charge in [0.1, 0.15) is 0 Å². The molecule has 1 aromatic carbocycles. The van der Waals surface area contributed by atoms with Crippen molar-refractivity contribution in [2.45, 2.75) is 33.1 Å². The van der Waals surface area contributed by atoms with Crippen molar-refractivity contribution in [3.63, 3.8) is 0 Å². The number of carbonyl (C=O) groups excluding carboxylic acids is 1. The second kappa shape index (κ2) is 4.39. The molecule has 0 unspecified atom stereocenters. The van der Waals surface area contributed by atoms with Gasteiger partial charge in [-0.1, -0.05) is 26.0 Å². The Labute approximate surface area is 123 Å². The highest BCUT2D eigenvalue weighted by Gasteiger charge is 2.60. The average Bonchev–Trinajstić information content (AvgIpc) is 2.95. The van der Waals surface area contributed by atoms with E-state index in [1.54, 1.807) is 0 Å². The first-order chi connectivity index (χ1) is 9.77. The van der Waals surface area contributed by atoms with Gasteiger partial charge < -0.3 is 5.32 Å². The van der Waals surface area contributed by atoms with Gasteiger partial charge in [-0.25, -0.2) is 8.78 Å². The number of amides is 1. The Bertz CT molecular complexity index is 638. The molecule has 2 saturated carbocycles. The highest BCUT2D eigenvalue weighted by atomic mass is 19.2. The van der Waals surface area contributed by atoms with Crippen LogP contribution in [-0.4, -0.2) is 5.91 Å². The van der Waals surface area contributed by atoms with E-state index in [2.05, 4.69) is 25.7 Å². The lowest BCUT2D eigenvalue weighted by Crippen LogP contribution is -2.37. The first-order valence-electron chi connectivity index (χ1n) is 7.24. The van der Waals surface area contributed by atoms with E-state index in [1.165, 1.54) is 6.07 Å². The summed E-state index contributed by atoms with van der Waals surface area (Å²) in [4.78, 5) is 12.7. The van der Waals surface area contributed by atoms with Crippen LogP contribution in [-0.2, 0) is 4.79 Å². The van der Waals surface area contributed by atoms with Crippen molar-refractivity contribution in [2.75, 3.05) is 5.32 Å². The molecule has 0 aromatic heterocycles. The van der Waals surface area contributed by atoms with Gasteiger partial charge in [-0.2, -0.15) is 0 Å². The van der Waals surface area contributed by atoms with Gasteiger partial charge in [0, 0.05) is 11.8 Å². The molecule has 0 saturated heterocycles. The lowest BCUT2D eigenvalue weighted by molar-refractivity contribution is -0.123. The minimum absolute atomic E-state index is 0.0381. The third-order valence-corrected chi connectivity index (χ3v) is 5.50. The van der Waals surface area contributed by atoms with Crippen LogP contribution in [0.1, 0.15) is 33.1 Å². The third-order valence-electron chi connectivity index (χ3n) is 5.50. The molecule has 1 amide bonds. The second-order valence-corrected chi connectivity index (χ2v) is 6.81. The molecule has 2 fully saturated rings. The van der Waals surface area contributed by atoms with Gasteiger partial charge in [-0.05, 0) is 42.7 Å². The third kappa shape index (κ3) is 1.92. The highest BCUT2D eigenvalue weighted by molar-refractivity contribution is 5.98. The molecular weight excluding hydrogens is 272 g/mol. The summed E-state index contributed by atoms with van der Waals surface area (Å²) in [5.41, 5.74) is 0.656. The number of benzene rings is 1. The van der Waals surface area contributed by atoms with Crippen molar-refractivity contribution in [3.05, 3.63) is 42.0 Å². The van der Waals surface area contributed by atoms with E-state index in [9.17, 15) is 13.6 Å². The van der Waals surface area contributed by atoms with Crippen LogP contribution >= 0.6 is 0 Å². The van der Waals surface area contributed by atoms with Crippen LogP contribution in [0.2, 0.25) is 0 Å². The second-order valence-electron chi connectivity index (χ2n) is 6.81. The van der Waals surface area contributed by atoms with Crippen molar-refractivity contribution >= 4 is 11.6 Å². The minimum Gasteiger partial charge on any atom is -0.325 e. The van der Waals surface area contributed by atoms with E-state index < -0.39 is 17.0 Å². The number of rotatable bonds is 2. The molecule has 2 nitrogen and oxygen atoms in total. The Morgan fingerprint density at radius 1 is 1.33 bits per heavy atom. The molecule has 2 aliphatic carbocycles. The summed E-state index contributed by atoms with van der Waals surface area (Å²) < 4.78 is 26.2. The molecule has 1 N–H and O–H groups in total. The number of hydrogen-bond donors (Lipinski definition) is 1. The topological polar surface area (TPSA) is 29.1 Å². The Morgan fingerprint density at radius 2 is 2.05 bits per heavy atom. The van der Waals surface area contributed by atoms with Crippen LogP contribution in [0.4, 0.5) is 14.5 Å². The van der Waals surface area contributed by atoms with Gasteiger partial charge in [-0.15, -0.1) is 0 Å².